The Labute approximate surface area is 86.5 Å². The van der Waals surface area contributed by atoms with Crippen LogP contribution < -0.4 is 5.32 Å². The second-order valence-electron chi connectivity index (χ2n) is 4.39. The largest absolute Gasteiger partial charge is 0.364 e. The fraction of sp³-hybridized carbons (Fsp3) is 0.636. The standard InChI is InChI=1S/C11H21N3/c1-11(2,9-12-3)14(4)8-10-6-5-7-13-10/h5-7,12-13H,8-9H2,1-4H3. The van der Waals surface area contributed by atoms with Crippen molar-refractivity contribution in [2.45, 2.75) is 25.9 Å². The molecule has 0 saturated heterocycles. The highest BCUT2D eigenvalue weighted by atomic mass is 15.2. The van der Waals surface area contributed by atoms with Crippen LogP contribution >= 0.6 is 0 Å². The van der Waals surface area contributed by atoms with Crippen molar-refractivity contribution in [2.24, 2.45) is 0 Å². The molecular weight excluding hydrogens is 174 g/mol. The summed E-state index contributed by atoms with van der Waals surface area (Å²) >= 11 is 0. The van der Waals surface area contributed by atoms with Crippen molar-refractivity contribution in [3.05, 3.63) is 24.0 Å². The summed E-state index contributed by atoms with van der Waals surface area (Å²) in [7, 11) is 4.14. The molecule has 0 radical (unpaired) electrons. The van der Waals surface area contributed by atoms with E-state index in [1.54, 1.807) is 0 Å². The molecule has 3 nitrogen and oxygen atoms in total. The predicted molar refractivity (Wildman–Crippen MR) is 60.3 cm³/mol. The second-order valence-corrected chi connectivity index (χ2v) is 4.39. The molecule has 0 aliphatic rings. The maximum absolute atomic E-state index is 3.22. The Hall–Kier alpha value is -0.800. The second kappa shape index (κ2) is 4.62. The predicted octanol–water partition coefficient (Wildman–Crippen LogP) is 1.44. The molecule has 1 rings (SSSR count). The van der Waals surface area contributed by atoms with Gasteiger partial charge in [-0.05, 0) is 40.1 Å². The molecule has 1 heterocycles. The van der Waals surface area contributed by atoms with Gasteiger partial charge in [-0.3, -0.25) is 4.90 Å². The minimum atomic E-state index is 0.180. The molecule has 14 heavy (non-hydrogen) atoms. The van der Waals surface area contributed by atoms with E-state index < -0.39 is 0 Å². The Morgan fingerprint density at radius 2 is 2.21 bits per heavy atom. The highest BCUT2D eigenvalue weighted by molar-refractivity contribution is 5.04. The zero-order valence-electron chi connectivity index (χ0n) is 9.59. The molecule has 1 aromatic heterocycles. The number of likely N-dealkylation sites (N-methyl/N-ethyl adjacent to an activating group) is 2. The van der Waals surface area contributed by atoms with Crippen molar-refractivity contribution in [1.29, 1.82) is 0 Å². The zero-order chi connectivity index (χ0) is 10.6. The van der Waals surface area contributed by atoms with Crippen LogP contribution in [-0.2, 0) is 6.54 Å². The summed E-state index contributed by atoms with van der Waals surface area (Å²) in [6, 6.07) is 4.15. The molecule has 0 atom stereocenters. The fourth-order valence-corrected chi connectivity index (χ4v) is 1.50. The van der Waals surface area contributed by atoms with Gasteiger partial charge < -0.3 is 10.3 Å². The van der Waals surface area contributed by atoms with Crippen molar-refractivity contribution in [1.82, 2.24) is 15.2 Å². The molecule has 0 saturated carbocycles. The number of hydrogen-bond acceptors (Lipinski definition) is 2. The van der Waals surface area contributed by atoms with E-state index in [-0.39, 0.29) is 5.54 Å². The van der Waals surface area contributed by atoms with E-state index in [0.29, 0.717) is 0 Å². The minimum absolute atomic E-state index is 0.180. The minimum Gasteiger partial charge on any atom is -0.364 e. The highest BCUT2D eigenvalue weighted by Gasteiger charge is 2.22. The summed E-state index contributed by atoms with van der Waals surface area (Å²) in [5.74, 6) is 0. The molecule has 0 aromatic carbocycles. The molecule has 1 aromatic rings. The number of hydrogen-bond donors (Lipinski definition) is 2. The van der Waals surface area contributed by atoms with Crippen LogP contribution in [-0.4, -0.2) is 36.1 Å². The Balaban J connectivity index is 2.52. The maximum Gasteiger partial charge on any atom is 0.0387 e. The Bertz CT molecular complexity index is 252. The van der Waals surface area contributed by atoms with Gasteiger partial charge in [-0.25, -0.2) is 0 Å². The first-order chi connectivity index (χ1) is 6.56. The Morgan fingerprint density at radius 1 is 1.50 bits per heavy atom. The van der Waals surface area contributed by atoms with E-state index in [4.69, 9.17) is 0 Å². The fourth-order valence-electron chi connectivity index (χ4n) is 1.50. The molecule has 80 valence electrons. The SMILES string of the molecule is CNCC(C)(C)N(C)Cc1ccc[nH]1. The topological polar surface area (TPSA) is 31.1 Å². The van der Waals surface area contributed by atoms with Crippen LogP contribution in [0.4, 0.5) is 0 Å². The van der Waals surface area contributed by atoms with E-state index in [0.717, 1.165) is 13.1 Å². The summed E-state index contributed by atoms with van der Waals surface area (Å²) < 4.78 is 0. The summed E-state index contributed by atoms with van der Waals surface area (Å²) in [4.78, 5) is 5.56. The van der Waals surface area contributed by atoms with Crippen LogP contribution in [0.2, 0.25) is 0 Å². The summed E-state index contributed by atoms with van der Waals surface area (Å²) in [5, 5.41) is 3.22. The van der Waals surface area contributed by atoms with Crippen LogP contribution in [0.15, 0.2) is 18.3 Å². The van der Waals surface area contributed by atoms with E-state index in [1.807, 2.05) is 19.3 Å². The normalized spacial score (nSPS) is 12.4. The van der Waals surface area contributed by atoms with Crippen LogP contribution in [0.25, 0.3) is 0 Å². The monoisotopic (exact) mass is 195 g/mol. The molecule has 0 amide bonds. The summed E-state index contributed by atoms with van der Waals surface area (Å²) in [5.41, 5.74) is 1.44. The lowest BCUT2D eigenvalue weighted by Crippen LogP contribution is -2.47. The number of rotatable bonds is 5. The third kappa shape index (κ3) is 2.86. The molecule has 3 heteroatoms. The van der Waals surface area contributed by atoms with Crippen molar-refractivity contribution in [2.75, 3.05) is 20.6 Å². The van der Waals surface area contributed by atoms with Gasteiger partial charge in [0.2, 0.25) is 0 Å². The zero-order valence-corrected chi connectivity index (χ0v) is 9.59. The van der Waals surface area contributed by atoms with Crippen molar-refractivity contribution in [3.63, 3.8) is 0 Å². The third-order valence-electron chi connectivity index (χ3n) is 2.71. The van der Waals surface area contributed by atoms with Gasteiger partial charge in [0.05, 0.1) is 0 Å². The lowest BCUT2D eigenvalue weighted by molar-refractivity contribution is 0.146. The lowest BCUT2D eigenvalue weighted by atomic mass is 10.0. The smallest absolute Gasteiger partial charge is 0.0387 e. The molecule has 0 aliphatic heterocycles. The van der Waals surface area contributed by atoms with Crippen LogP contribution in [0.3, 0.4) is 0 Å². The number of aromatic amines is 1. The molecule has 0 fully saturated rings. The van der Waals surface area contributed by atoms with E-state index in [9.17, 15) is 0 Å². The van der Waals surface area contributed by atoms with Crippen molar-refractivity contribution >= 4 is 0 Å². The van der Waals surface area contributed by atoms with Gasteiger partial charge in [-0.2, -0.15) is 0 Å². The van der Waals surface area contributed by atoms with Gasteiger partial charge in [-0.15, -0.1) is 0 Å². The number of aromatic nitrogens is 1. The van der Waals surface area contributed by atoms with Gasteiger partial charge in [0.1, 0.15) is 0 Å². The summed E-state index contributed by atoms with van der Waals surface area (Å²) in [6.07, 6.45) is 1.97. The van der Waals surface area contributed by atoms with Crippen molar-refractivity contribution < 1.29 is 0 Å². The molecular formula is C11H21N3. The number of nitrogens with one attached hydrogen (secondary N) is 2. The van der Waals surface area contributed by atoms with E-state index in [2.05, 4.69) is 42.2 Å². The molecule has 0 unspecified atom stereocenters. The first kappa shape index (κ1) is 11.3. The number of nitrogens with zero attached hydrogens (tertiary/aromatic N) is 1. The van der Waals surface area contributed by atoms with Crippen LogP contribution in [0.1, 0.15) is 19.5 Å². The maximum atomic E-state index is 3.22. The van der Waals surface area contributed by atoms with E-state index in [1.165, 1.54) is 5.69 Å². The van der Waals surface area contributed by atoms with Gasteiger partial charge in [0, 0.05) is 30.5 Å². The first-order valence-electron chi connectivity index (χ1n) is 5.04. The third-order valence-corrected chi connectivity index (χ3v) is 2.71. The highest BCUT2D eigenvalue weighted by Crippen LogP contribution is 2.13. The summed E-state index contributed by atoms with van der Waals surface area (Å²) in [6.45, 7) is 6.44. The Morgan fingerprint density at radius 3 is 2.71 bits per heavy atom. The quantitative estimate of drug-likeness (QED) is 0.745. The molecule has 0 aliphatic carbocycles. The van der Waals surface area contributed by atoms with Gasteiger partial charge >= 0.3 is 0 Å². The molecule has 2 N–H and O–H groups in total. The van der Waals surface area contributed by atoms with Crippen molar-refractivity contribution in [3.8, 4) is 0 Å². The first-order valence-corrected chi connectivity index (χ1v) is 5.04. The molecule has 0 spiro atoms. The van der Waals surface area contributed by atoms with E-state index >= 15 is 0 Å². The van der Waals surface area contributed by atoms with Crippen LogP contribution in [0, 0.1) is 0 Å². The average molecular weight is 195 g/mol. The Kier molecular flexibility index (Phi) is 3.72. The van der Waals surface area contributed by atoms with Gasteiger partial charge in [0.15, 0.2) is 0 Å². The van der Waals surface area contributed by atoms with Crippen LogP contribution in [0.5, 0.6) is 0 Å². The van der Waals surface area contributed by atoms with Gasteiger partial charge in [-0.1, -0.05) is 0 Å². The van der Waals surface area contributed by atoms with Gasteiger partial charge in [0.25, 0.3) is 0 Å². The molecule has 0 bridgehead atoms. The lowest BCUT2D eigenvalue weighted by Gasteiger charge is -2.35. The average Bonchev–Trinajstić information content (AvgIpc) is 2.56. The number of H-pyrrole nitrogens is 1.